The van der Waals surface area contributed by atoms with Gasteiger partial charge in [-0.3, -0.25) is 14.2 Å². The highest BCUT2D eigenvalue weighted by atomic mass is 79.9. The number of nitrogens with one attached hydrogen (secondary N) is 1. The fraction of sp³-hybridized carbons (Fsp3) is 0.100. The number of carbonyl (C=O) groups excluding carboxylic acids is 2. The predicted octanol–water partition coefficient (Wildman–Crippen LogP) is 3.92. The van der Waals surface area contributed by atoms with E-state index in [1.807, 2.05) is 0 Å². The van der Waals surface area contributed by atoms with E-state index < -0.39 is 11.9 Å². The van der Waals surface area contributed by atoms with E-state index in [2.05, 4.69) is 26.5 Å². The highest BCUT2D eigenvalue weighted by Crippen LogP contribution is 2.19. The summed E-state index contributed by atoms with van der Waals surface area (Å²) in [4.78, 5) is 36.3. The van der Waals surface area contributed by atoms with Crippen molar-refractivity contribution in [1.82, 2.24) is 9.99 Å². The monoisotopic (exact) mass is 507 g/mol. The summed E-state index contributed by atoms with van der Waals surface area (Å²) in [6, 6.07) is 13.6. The minimum Gasteiger partial charge on any atom is -0.465 e. The maximum atomic E-state index is 12.3. The van der Waals surface area contributed by atoms with Gasteiger partial charge in [-0.1, -0.05) is 57.1 Å². The van der Waals surface area contributed by atoms with E-state index in [-0.39, 0.29) is 16.6 Å². The number of carbonyl (C=O) groups is 2. The number of hydrogen-bond acceptors (Lipinski definition) is 6. The van der Waals surface area contributed by atoms with Crippen LogP contribution in [0, 0.1) is 0 Å². The molecule has 3 aromatic rings. The second-order valence-corrected chi connectivity index (χ2v) is 8.28. The second-order valence-electron chi connectivity index (χ2n) is 6.01. The number of ether oxygens (including phenoxy) is 1. The van der Waals surface area contributed by atoms with Gasteiger partial charge in [0, 0.05) is 10.0 Å². The van der Waals surface area contributed by atoms with Gasteiger partial charge >= 0.3 is 10.8 Å². The fourth-order valence-electron chi connectivity index (χ4n) is 2.56. The van der Waals surface area contributed by atoms with Crippen LogP contribution in [0.3, 0.4) is 0 Å². The Morgan fingerprint density at radius 3 is 2.70 bits per heavy atom. The summed E-state index contributed by atoms with van der Waals surface area (Å²) in [5, 5.41) is 4.08. The molecule has 0 bridgehead atoms. The van der Waals surface area contributed by atoms with Crippen LogP contribution < -0.4 is 10.3 Å². The summed E-state index contributed by atoms with van der Waals surface area (Å²) >= 11 is 10.5. The van der Waals surface area contributed by atoms with E-state index in [1.54, 1.807) is 48.5 Å². The molecule has 3 rings (SSSR count). The normalized spacial score (nSPS) is 10.9. The van der Waals surface area contributed by atoms with Crippen LogP contribution in [0.25, 0.3) is 0 Å². The molecule has 0 fully saturated rings. The molecule has 0 aliphatic rings. The standard InChI is InChI=1S/C20H15BrClN3O4S/c1-29-19(27)14-6-2-4-12(8-14)11-25-17(22)16(30-20(25)28)10-23-24-18(26)13-5-3-7-15(21)9-13/h2-10H,11H2,1H3,(H,24,26)/b23-10-. The highest BCUT2D eigenvalue weighted by Gasteiger charge is 2.13. The number of esters is 1. The summed E-state index contributed by atoms with van der Waals surface area (Å²) in [6.07, 6.45) is 1.33. The van der Waals surface area contributed by atoms with Gasteiger partial charge in [0.2, 0.25) is 0 Å². The van der Waals surface area contributed by atoms with E-state index in [1.165, 1.54) is 17.9 Å². The molecule has 1 heterocycles. The van der Waals surface area contributed by atoms with Crippen LogP contribution in [0.5, 0.6) is 0 Å². The lowest BCUT2D eigenvalue weighted by Crippen LogP contribution is -2.17. The number of aromatic nitrogens is 1. The molecule has 0 radical (unpaired) electrons. The number of halogens is 2. The Balaban J connectivity index is 1.74. The lowest BCUT2D eigenvalue weighted by molar-refractivity contribution is 0.0600. The number of hydrazone groups is 1. The Labute approximate surface area is 189 Å². The van der Waals surface area contributed by atoms with Crippen molar-refractivity contribution in [2.24, 2.45) is 5.10 Å². The molecule has 30 heavy (non-hydrogen) atoms. The van der Waals surface area contributed by atoms with Gasteiger partial charge < -0.3 is 4.74 Å². The third-order valence-corrected chi connectivity index (χ3v) is 5.91. The number of amides is 1. The van der Waals surface area contributed by atoms with Crippen LogP contribution in [0.1, 0.15) is 31.2 Å². The van der Waals surface area contributed by atoms with Crippen molar-refractivity contribution in [3.05, 3.63) is 89.4 Å². The molecule has 0 saturated carbocycles. The first-order chi connectivity index (χ1) is 14.4. The zero-order valence-electron chi connectivity index (χ0n) is 15.6. The van der Waals surface area contributed by atoms with Crippen LogP contribution in [-0.2, 0) is 11.3 Å². The Bertz CT molecular complexity index is 1190. The fourth-order valence-corrected chi connectivity index (χ4v) is 4.06. The van der Waals surface area contributed by atoms with Crippen LogP contribution in [-0.4, -0.2) is 29.8 Å². The molecule has 0 unspecified atom stereocenters. The average molecular weight is 509 g/mol. The van der Waals surface area contributed by atoms with Gasteiger partial charge in [0.1, 0.15) is 5.15 Å². The summed E-state index contributed by atoms with van der Waals surface area (Å²) < 4.78 is 6.84. The van der Waals surface area contributed by atoms with Gasteiger partial charge in [-0.05, 0) is 35.9 Å². The summed E-state index contributed by atoms with van der Waals surface area (Å²) in [5.41, 5.74) is 3.93. The summed E-state index contributed by atoms with van der Waals surface area (Å²) in [5.74, 6) is -0.857. The number of benzene rings is 2. The number of methoxy groups -OCH3 is 1. The molecule has 1 amide bonds. The maximum Gasteiger partial charge on any atom is 0.337 e. The molecular formula is C20H15BrClN3O4S. The molecule has 1 aromatic heterocycles. The zero-order chi connectivity index (χ0) is 21.7. The Kier molecular flexibility index (Phi) is 7.20. The van der Waals surface area contributed by atoms with Crippen molar-refractivity contribution in [3.8, 4) is 0 Å². The van der Waals surface area contributed by atoms with Crippen LogP contribution in [0.4, 0.5) is 0 Å². The Hall–Kier alpha value is -2.75. The number of hydrogen-bond donors (Lipinski definition) is 1. The van der Waals surface area contributed by atoms with Crippen molar-refractivity contribution in [2.75, 3.05) is 7.11 Å². The number of rotatable bonds is 6. The molecule has 7 nitrogen and oxygen atoms in total. The molecule has 0 aliphatic heterocycles. The third kappa shape index (κ3) is 5.24. The van der Waals surface area contributed by atoms with Crippen LogP contribution in [0.2, 0.25) is 5.15 Å². The van der Waals surface area contributed by atoms with Crippen molar-refractivity contribution < 1.29 is 14.3 Å². The maximum absolute atomic E-state index is 12.3. The molecule has 2 aromatic carbocycles. The van der Waals surface area contributed by atoms with E-state index in [0.717, 1.165) is 15.8 Å². The van der Waals surface area contributed by atoms with Gasteiger partial charge in [0.25, 0.3) is 5.91 Å². The SMILES string of the molecule is COC(=O)c1cccc(Cn2c(Cl)c(/C=N\NC(=O)c3cccc(Br)c3)sc2=O)c1. The molecule has 0 spiro atoms. The van der Waals surface area contributed by atoms with Crippen LogP contribution >= 0.6 is 38.9 Å². The first kappa shape index (κ1) is 21.9. The van der Waals surface area contributed by atoms with Gasteiger partial charge in [-0.2, -0.15) is 5.10 Å². The summed E-state index contributed by atoms with van der Waals surface area (Å²) in [6.45, 7) is 0.178. The van der Waals surface area contributed by atoms with Crippen molar-refractivity contribution in [3.63, 3.8) is 0 Å². The van der Waals surface area contributed by atoms with Gasteiger partial charge in [-0.15, -0.1) is 0 Å². The smallest absolute Gasteiger partial charge is 0.337 e. The topological polar surface area (TPSA) is 89.8 Å². The predicted molar refractivity (Wildman–Crippen MR) is 120 cm³/mol. The minimum atomic E-state index is -0.463. The average Bonchev–Trinajstić information content (AvgIpc) is 3.01. The minimum absolute atomic E-state index is 0.178. The van der Waals surface area contributed by atoms with Gasteiger partial charge in [0.15, 0.2) is 0 Å². The van der Waals surface area contributed by atoms with E-state index in [0.29, 0.717) is 21.6 Å². The van der Waals surface area contributed by atoms with E-state index in [9.17, 15) is 14.4 Å². The highest BCUT2D eigenvalue weighted by molar-refractivity contribution is 9.10. The quantitative estimate of drug-likeness (QED) is 0.310. The lowest BCUT2D eigenvalue weighted by atomic mass is 10.1. The first-order valence-electron chi connectivity index (χ1n) is 8.54. The molecule has 10 heteroatoms. The Morgan fingerprint density at radius 1 is 1.23 bits per heavy atom. The number of thiazole rings is 1. The van der Waals surface area contributed by atoms with Crippen LogP contribution in [0.15, 0.2) is 62.9 Å². The van der Waals surface area contributed by atoms with Crippen molar-refractivity contribution in [2.45, 2.75) is 6.54 Å². The Morgan fingerprint density at radius 2 is 1.97 bits per heavy atom. The van der Waals surface area contributed by atoms with Crippen molar-refractivity contribution >= 4 is 57.0 Å². The molecule has 154 valence electrons. The largest absolute Gasteiger partial charge is 0.465 e. The lowest BCUT2D eigenvalue weighted by Gasteiger charge is -2.06. The van der Waals surface area contributed by atoms with Crippen molar-refractivity contribution in [1.29, 1.82) is 0 Å². The summed E-state index contributed by atoms with van der Waals surface area (Å²) in [7, 11) is 1.30. The molecule has 1 N–H and O–H groups in total. The zero-order valence-corrected chi connectivity index (χ0v) is 18.8. The first-order valence-corrected chi connectivity index (χ1v) is 10.5. The third-order valence-electron chi connectivity index (χ3n) is 3.98. The van der Waals surface area contributed by atoms with E-state index in [4.69, 9.17) is 16.3 Å². The molecule has 0 atom stereocenters. The van der Waals surface area contributed by atoms with Gasteiger partial charge in [0.05, 0.1) is 30.3 Å². The molecular weight excluding hydrogens is 494 g/mol. The molecule has 0 saturated heterocycles. The van der Waals surface area contributed by atoms with Gasteiger partial charge in [-0.25, -0.2) is 10.2 Å². The molecule has 0 aliphatic carbocycles. The number of nitrogens with zero attached hydrogens (tertiary/aromatic N) is 2. The second kappa shape index (κ2) is 9.84. The van der Waals surface area contributed by atoms with E-state index >= 15 is 0 Å².